The molecule has 0 fully saturated rings. The van der Waals surface area contributed by atoms with Gasteiger partial charge in [0.15, 0.2) is 0 Å². The van der Waals surface area contributed by atoms with Crippen molar-refractivity contribution in [2.45, 2.75) is 26.7 Å². The lowest BCUT2D eigenvalue weighted by molar-refractivity contribution is -0.116. The second kappa shape index (κ2) is 7.07. The third-order valence-corrected chi connectivity index (χ3v) is 3.92. The molecule has 1 amide bonds. The molecule has 2 aromatic rings. The minimum atomic E-state index is -0.0783. The Morgan fingerprint density at radius 1 is 1.32 bits per heavy atom. The molecule has 0 saturated carbocycles. The molecule has 1 aromatic heterocycles. The summed E-state index contributed by atoms with van der Waals surface area (Å²) >= 11 is 0. The number of nitrogens with zero attached hydrogens (tertiary/aromatic N) is 2. The van der Waals surface area contributed by atoms with Crippen molar-refractivity contribution in [3.05, 3.63) is 58.9 Å². The summed E-state index contributed by atoms with van der Waals surface area (Å²) in [4.78, 5) is 12.0. The van der Waals surface area contributed by atoms with Crippen LogP contribution in [0.1, 0.15) is 35.4 Å². The van der Waals surface area contributed by atoms with Crippen molar-refractivity contribution >= 4 is 12.0 Å². The fraction of sp³-hybridized carbons (Fsp3) is 0.333. The van der Waals surface area contributed by atoms with Crippen molar-refractivity contribution in [1.82, 2.24) is 15.1 Å². The van der Waals surface area contributed by atoms with Crippen LogP contribution in [0.25, 0.3) is 6.08 Å². The zero-order valence-electron chi connectivity index (χ0n) is 13.6. The maximum absolute atomic E-state index is 12.0. The number of carbonyl (C=O) groups is 1. The van der Waals surface area contributed by atoms with Crippen molar-refractivity contribution in [2.75, 3.05) is 6.54 Å². The number of rotatable bonds is 5. The summed E-state index contributed by atoms with van der Waals surface area (Å²) in [5, 5.41) is 7.28. The maximum Gasteiger partial charge on any atom is 0.244 e. The monoisotopic (exact) mass is 297 g/mol. The second-order valence-corrected chi connectivity index (χ2v) is 5.60. The number of carbonyl (C=O) groups excluding carboxylic acids is 1. The number of nitrogens with one attached hydrogen (secondary N) is 1. The summed E-state index contributed by atoms with van der Waals surface area (Å²) in [6, 6.07) is 10.2. The van der Waals surface area contributed by atoms with E-state index in [4.69, 9.17) is 0 Å². The molecule has 4 heteroatoms. The molecule has 0 unspecified atom stereocenters. The summed E-state index contributed by atoms with van der Waals surface area (Å²) in [5.74, 6) is 0.214. The molecule has 0 aliphatic heterocycles. The van der Waals surface area contributed by atoms with E-state index in [1.54, 1.807) is 6.08 Å². The van der Waals surface area contributed by atoms with Gasteiger partial charge in [-0.25, -0.2) is 0 Å². The van der Waals surface area contributed by atoms with E-state index in [0.717, 1.165) is 17.0 Å². The highest BCUT2D eigenvalue weighted by Gasteiger charge is 2.08. The van der Waals surface area contributed by atoms with Gasteiger partial charge in [0, 0.05) is 30.9 Å². The molecule has 0 bridgehead atoms. The van der Waals surface area contributed by atoms with E-state index in [1.165, 1.54) is 5.56 Å². The molecular formula is C18H23N3O. The Hall–Kier alpha value is -2.36. The molecule has 1 heterocycles. The van der Waals surface area contributed by atoms with Gasteiger partial charge in [0.25, 0.3) is 0 Å². The summed E-state index contributed by atoms with van der Waals surface area (Å²) in [7, 11) is 1.90. The lowest BCUT2D eigenvalue weighted by atomic mass is 10.0. The van der Waals surface area contributed by atoms with Crippen LogP contribution >= 0.6 is 0 Å². The average molecular weight is 297 g/mol. The van der Waals surface area contributed by atoms with Crippen LogP contribution in [0, 0.1) is 13.8 Å². The van der Waals surface area contributed by atoms with Gasteiger partial charge in [-0.05, 0) is 31.4 Å². The van der Waals surface area contributed by atoms with Crippen LogP contribution < -0.4 is 5.32 Å². The number of aromatic nitrogens is 2. The Bertz CT molecular complexity index is 671. The highest BCUT2D eigenvalue weighted by molar-refractivity contribution is 5.92. The van der Waals surface area contributed by atoms with Gasteiger partial charge >= 0.3 is 0 Å². The molecule has 22 heavy (non-hydrogen) atoms. The topological polar surface area (TPSA) is 46.9 Å². The van der Waals surface area contributed by atoms with Crippen molar-refractivity contribution < 1.29 is 4.79 Å². The fourth-order valence-electron chi connectivity index (χ4n) is 2.40. The van der Waals surface area contributed by atoms with Crippen molar-refractivity contribution in [1.29, 1.82) is 0 Å². The van der Waals surface area contributed by atoms with E-state index in [1.807, 2.05) is 49.9 Å². The van der Waals surface area contributed by atoms with Gasteiger partial charge in [-0.2, -0.15) is 5.10 Å². The molecule has 0 aliphatic rings. The third-order valence-electron chi connectivity index (χ3n) is 3.92. The van der Waals surface area contributed by atoms with Gasteiger partial charge < -0.3 is 5.32 Å². The van der Waals surface area contributed by atoms with Crippen LogP contribution in [0.5, 0.6) is 0 Å². The first kappa shape index (κ1) is 16.0. The Kier molecular flexibility index (Phi) is 5.15. The van der Waals surface area contributed by atoms with Crippen LogP contribution in [-0.4, -0.2) is 22.2 Å². The molecule has 1 atom stereocenters. The summed E-state index contributed by atoms with van der Waals surface area (Å²) in [6.45, 7) is 6.67. The Labute approximate surface area is 131 Å². The number of hydrogen-bond donors (Lipinski definition) is 1. The highest BCUT2D eigenvalue weighted by Crippen LogP contribution is 2.14. The Balaban J connectivity index is 1.92. The Morgan fingerprint density at radius 3 is 2.59 bits per heavy atom. The van der Waals surface area contributed by atoms with E-state index >= 15 is 0 Å². The second-order valence-electron chi connectivity index (χ2n) is 5.60. The number of benzene rings is 1. The first-order chi connectivity index (χ1) is 10.5. The maximum atomic E-state index is 12.0. The molecule has 1 aromatic carbocycles. The van der Waals surface area contributed by atoms with Gasteiger partial charge in [0.05, 0.1) is 5.69 Å². The Morgan fingerprint density at radius 2 is 2.00 bits per heavy atom. The highest BCUT2D eigenvalue weighted by atomic mass is 16.1. The zero-order chi connectivity index (χ0) is 16.1. The quantitative estimate of drug-likeness (QED) is 0.863. The van der Waals surface area contributed by atoms with E-state index < -0.39 is 0 Å². The van der Waals surface area contributed by atoms with Crippen LogP contribution in [0.4, 0.5) is 0 Å². The van der Waals surface area contributed by atoms with E-state index in [9.17, 15) is 4.79 Å². The predicted molar refractivity (Wildman–Crippen MR) is 89.6 cm³/mol. The summed E-state index contributed by atoms with van der Waals surface area (Å²) in [6.07, 6.45) is 3.41. The number of hydrogen-bond acceptors (Lipinski definition) is 2. The zero-order valence-corrected chi connectivity index (χ0v) is 13.6. The van der Waals surface area contributed by atoms with E-state index in [-0.39, 0.29) is 5.91 Å². The van der Waals surface area contributed by atoms with Crippen molar-refractivity contribution in [3.63, 3.8) is 0 Å². The van der Waals surface area contributed by atoms with Gasteiger partial charge in [-0.3, -0.25) is 9.48 Å². The van der Waals surface area contributed by atoms with Gasteiger partial charge in [-0.1, -0.05) is 37.3 Å². The van der Waals surface area contributed by atoms with Gasteiger partial charge in [0.1, 0.15) is 0 Å². The predicted octanol–water partition coefficient (Wildman–Crippen LogP) is 2.97. The summed E-state index contributed by atoms with van der Waals surface area (Å²) < 4.78 is 1.82. The van der Waals surface area contributed by atoms with Crippen molar-refractivity contribution in [2.24, 2.45) is 7.05 Å². The minimum Gasteiger partial charge on any atom is -0.352 e. The third kappa shape index (κ3) is 3.85. The largest absolute Gasteiger partial charge is 0.352 e. The average Bonchev–Trinajstić information content (AvgIpc) is 2.76. The van der Waals surface area contributed by atoms with Crippen LogP contribution in [-0.2, 0) is 11.8 Å². The smallest absolute Gasteiger partial charge is 0.244 e. The van der Waals surface area contributed by atoms with Crippen LogP contribution in [0.2, 0.25) is 0 Å². The molecule has 0 radical (unpaired) electrons. The lowest BCUT2D eigenvalue weighted by Crippen LogP contribution is -2.25. The lowest BCUT2D eigenvalue weighted by Gasteiger charge is -2.11. The molecule has 4 nitrogen and oxygen atoms in total. The van der Waals surface area contributed by atoms with Gasteiger partial charge in [0.2, 0.25) is 5.91 Å². The molecule has 0 aliphatic carbocycles. The summed E-state index contributed by atoms with van der Waals surface area (Å²) in [5.41, 5.74) is 4.22. The van der Waals surface area contributed by atoms with Crippen LogP contribution in [0.3, 0.4) is 0 Å². The molecule has 0 spiro atoms. The molecule has 2 rings (SSSR count). The molecule has 0 saturated heterocycles. The molecular weight excluding hydrogens is 274 g/mol. The number of aryl methyl sites for hydroxylation is 2. The SMILES string of the molecule is Cc1nn(C)c(C)c1/C=C\C(=O)NC[C@H](C)c1ccccc1. The van der Waals surface area contributed by atoms with E-state index in [2.05, 4.69) is 29.5 Å². The standard InChI is InChI=1S/C18H23N3O/c1-13(16-8-6-5-7-9-16)12-19-18(22)11-10-17-14(2)20-21(4)15(17)3/h5-11,13H,12H2,1-4H3,(H,19,22)/b11-10-/t13-/m0/s1. The normalized spacial score (nSPS) is 12.5. The molecule has 116 valence electrons. The minimum absolute atomic E-state index is 0.0783. The fourth-order valence-corrected chi connectivity index (χ4v) is 2.40. The number of amides is 1. The first-order valence-electron chi connectivity index (χ1n) is 7.50. The van der Waals surface area contributed by atoms with E-state index in [0.29, 0.717) is 12.5 Å². The van der Waals surface area contributed by atoms with Crippen LogP contribution in [0.15, 0.2) is 36.4 Å². The van der Waals surface area contributed by atoms with Gasteiger partial charge in [-0.15, -0.1) is 0 Å². The molecule has 1 N–H and O–H groups in total. The van der Waals surface area contributed by atoms with Crippen molar-refractivity contribution in [3.8, 4) is 0 Å². The first-order valence-corrected chi connectivity index (χ1v) is 7.50.